The Morgan fingerprint density at radius 1 is 1.53 bits per heavy atom. The van der Waals surface area contributed by atoms with Crippen LogP contribution in [0.15, 0.2) is 0 Å². The molecule has 0 aliphatic carbocycles. The molecule has 8 heteroatoms. The number of hydrogen-bond acceptors (Lipinski definition) is 6. The van der Waals surface area contributed by atoms with Crippen LogP contribution in [0.25, 0.3) is 0 Å². The summed E-state index contributed by atoms with van der Waals surface area (Å²) in [6.45, 7) is 7.36. The molecule has 1 rings (SSSR count). The molecule has 1 atom stereocenters. The molecule has 1 aromatic heterocycles. The maximum Gasteiger partial charge on any atom is 0.319 e. The first kappa shape index (κ1) is 15.8. The minimum Gasteiger partial charge on any atom is -0.465 e. The van der Waals surface area contributed by atoms with Gasteiger partial charge in [0.2, 0.25) is 11.0 Å². The second kappa shape index (κ2) is 6.25. The van der Waals surface area contributed by atoms with E-state index in [1.54, 1.807) is 27.7 Å². The Bertz CT molecular complexity index is 516. The summed E-state index contributed by atoms with van der Waals surface area (Å²) in [5, 5.41) is 9.31. The number of esters is 1. The fourth-order valence-electron chi connectivity index (χ4n) is 1.54. The highest BCUT2D eigenvalue weighted by Gasteiger charge is 2.39. The van der Waals surface area contributed by atoms with E-state index in [0.717, 1.165) is 11.3 Å². The Kier molecular flexibility index (Phi) is 5.19. The first-order valence-corrected chi connectivity index (χ1v) is 7.01. The standard InChI is InChI=1S/C11H17N3O3S2/c1-5-17-8(16)6(11(2,3)4)7(15)12-9-13-14-10(18)19-9/h6H,5H2,1-4H3,(H,14,18)(H,12,13,15). The van der Waals surface area contributed by atoms with Crippen LogP contribution in [0.2, 0.25) is 0 Å². The number of nitrogens with one attached hydrogen (secondary N) is 2. The second-order valence-electron chi connectivity index (χ2n) is 4.96. The van der Waals surface area contributed by atoms with Gasteiger partial charge < -0.3 is 4.74 Å². The van der Waals surface area contributed by atoms with E-state index in [2.05, 4.69) is 15.5 Å². The van der Waals surface area contributed by atoms with Crippen molar-refractivity contribution in [3.63, 3.8) is 0 Å². The number of carbonyl (C=O) groups excluding carboxylic acids is 2. The largest absolute Gasteiger partial charge is 0.465 e. The summed E-state index contributed by atoms with van der Waals surface area (Å²) >= 11 is 6.01. The van der Waals surface area contributed by atoms with E-state index in [1.807, 2.05) is 0 Å². The fraction of sp³-hybridized carbons (Fsp3) is 0.636. The zero-order valence-electron chi connectivity index (χ0n) is 11.3. The lowest BCUT2D eigenvalue weighted by Crippen LogP contribution is -2.40. The van der Waals surface area contributed by atoms with Crippen LogP contribution in [0.1, 0.15) is 27.7 Å². The van der Waals surface area contributed by atoms with Gasteiger partial charge in [0.05, 0.1) is 6.61 Å². The van der Waals surface area contributed by atoms with Crippen molar-refractivity contribution in [3.8, 4) is 0 Å². The van der Waals surface area contributed by atoms with Crippen molar-refractivity contribution in [3.05, 3.63) is 3.95 Å². The Balaban J connectivity index is 2.89. The van der Waals surface area contributed by atoms with Gasteiger partial charge in [-0.2, -0.15) is 0 Å². The number of hydrogen-bond donors (Lipinski definition) is 2. The summed E-state index contributed by atoms with van der Waals surface area (Å²) < 4.78 is 5.41. The highest BCUT2D eigenvalue weighted by atomic mass is 32.1. The number of anilines is 1. The molecule has 0 aliphatic rings. The molecule has 1 heterocycles. The molecule has 0 aromatic carbocycles. The average Bonchev–Trinajstić information content (AvgIpc) is 2.61. The lowest BCUT2D eigenvalue weighted by Gasteiger charge is -2.27. The van der Waals surface area contributed by atoms with Crippen molar-refractivity contribution in [1.82, 2.24) is 10.2 Å². The molecular weight excluding hydrogens is 286 g/mol. The summed E-state index contributed by atoms with van der Waals surface area (Å²) in [6, 6.07) is 0. The third kappa shape index (κ3) is 4.39. The fourth-order valence-corrected chi connectivity index (χ4v) is 2.33. The topological polar surface area (TPSA) is 84.1 Å². The number of ether oxygens (including phenoxy) is 1. The molecule has 1 aromatic rings. The van der Waals surface area contributed by atoms with E-state index in [4.69, 9.17) is 17.0 Å². The quantitative estimate of drug-likeness (QED) is 0.507. The highest BCUT2D eigenvalue weighted by molar-refractivity contribution is 7.73. The van der Waals surface area contributed by atoms with Crippen molar-refractivity contribution >= 4 is 40.6 Å². The predicted molar refractivity (Wildman–Crippen MR) is 75.5 cm³/mol. The molecule has 0 aliphatic heterocycles. The van der Waals surface area contributed by atoms with E-state index in [-0.39, 0.29) is 6.61 Å². The van der Waals surface area contributed by atoms with Crippen molar-refractivity contribution < 1.29 is 14.3 Å². The predicted octanol–water partition coefficient (Wildman–Crippen LogP) is 2.36. The van der Waals surface area contributed by atoms with Crippen LogP contribution in [0.4, 0.5) is 5.13 Å². The lowest BCUT2D eigenvalue weighted by atomic mass is 9.80. The van der Waals surface area contributed by atoms with Gasteiger partial charge in [0, 0.05) is 0 Å². The third-order valence-electron chi connectivity index (χ3n) is 2.32. The number of aromatic amines is 1. The Labute approximate surface area is 120 Å². The molecule has 0 spiro atoms. The smallest absolute Gasteiger partial charge is 0.319 e. The molecule has 0 radical (unpaired) electrons. The van der Waals surface area contributed by atoms with Crippen LogP contribution in [-0.4, -0.2) is 28.7 Å². The van der Waals surface area contributed by atoms with Crippen LogP contribution in [0, 0.1) is 15.3 Å². The Morgan fingerprint density at radius 2 is 2.16 bits per heavy atom. The zero-order chi connectivity index (χ0) is 14.6. The summed E-state index contributed by atoms with van der Waals surface area (Å²) in [7, 11) is 0. The van der Waals surface area contributed by atoms with Gasteiger partial charge >= 0.3 is 5.97 Å². The number of aromatic nitrogens is 2. The molecule has 2 N–H and O–H groups in total. The number of amides is 1. The highest BCUT2D eigenvalue weighted by Crippen LogP contribution is 2.28. The van der Waals surface area contributed by atoms with E-state index in [9.17, 15) is 9.59 Å². The van der Waals surface area contributed by atoms with Gasteiger partial charge in [-0.15, -0.1) is 5.10 Å². The molecule has 0 saturated carbocycles. The van der Waals surface area contributed by atoms with Crippen molar-refractivity contribution in [2.75, 3.05) is 11.9 Å². The monoisotopic (exact) mass is 303 g/mol. The maximum atomic E-state index is 12.2. The Hall–Kier alpha value is -1.28. The average molecular weight is 303 g/mol. The van der Waals surface area contributed by atoms with Crippen LogP contribution < -0.4 is 5.32 Å². The Morgan fingerprint density at radius 3 is 2.58 bits per heavy atom. The molecule has 1 amide bonds. The number of nitrogens with zero attached hydrogens (tertiary/aromatic N) is 1. The number of H-pyrrole nitrogens is 1. The third-order valence-corrected chi connectivity index (χ3v) is 3.32. The summed E-state index contributed by atoms with van der Waals surface area (Å²) in [5.41, 5.74) is -0.548. The summed E-state index contributed by atoms with van der Waals surface area (Å²) in [4.78, 5) is 24.1. The molecule has 0 bridgehead atoms. The molecule has 19 heavy (non-hydrogen) atoms. The number of carbonyl (C=O) groups is 2. The van der Waals surface area contributed by atoms with Crippen LogP contribution >= 0.6 is 23.6 Å². The van der Waals surface area contributed by atoms with Crippen molar-refractivity contribution in [2.24, 2.45) is 11.3 Å². The normalized spacial score (nSPS) is 12.8. The molecule has 0 saturated heterocycles. The minimum atomic E-state index is -0.898. The van der Waals surface area contributed by atoms with Gasteiger partial charge in [0.25, 0.3) is 0 Å². The molecule has 106 valence electrons. The lowest BCUT2D eigenvalue weighted by molar-refractivity contribution is -0.155. The number of rotatable bonds is 4. The maximum absolute atomic E-state index is 12.2. The summed E-state index contributed by atoms with van der Waals surface area (Å²) in [5.74, 6) is -1.87. The van der Waals surface area contributed by atoms with E-state index in [0.29, 0.717) is 9.09 Å². The molecule has 0 fully saturated rings. The molecule has 6 nitrogen and oxygen atoms in total. The zero-order valence-corrected chi connectivity index (χ0v) is 12.9. The summed E-state index contributed by atoms with van der Waals surface area (Å²) in [6.07, 6.45) is 0. The first-order valence-electron chi connectivity index (χ1n) is 5.78. The first-order chi connectivity index (χ1) is 8.75. The van der Waals surface area contributed by atoms with Crippen molar-refractivity contribution in [2.45, 2.75) is 27.7 Å². The van der Waals surface area contributed by atoms with E-state index < -0.39 is 23.2 Å². The minimum absolute atomic E-state index is 0.236. The second-order valence-corrected chi connectivity index (χ2v) is 6.62. The van der Waals surface area contributed by atoms with Crippen LogP contribution in [0.5, 0.6) is 0 Å². The SMILES string of the molecule is CCOC(=O)C(C(=O)Nc1n[nH]c(=S)s1)C(C)(C)C. The molecular formula is C11H17N3O3S2. The van der Waals surface area contributed by atoms with Gasteiger partial charge in [0.1, 0.15) is 5.92 Å². The van der Waals surface area contributed by atoms with Crippen molar-refractivity contribution in [1.29, 1.82) is 0 Å². The van der Waals surface area contributed by atoms with Gasteiger partial charge in [-0.25, -0.2) is 0 Å². The van der Waals surface area contributed by atoms with Crippen LogP contribution in [0.3, 0.4) is 0 Å². The molecule has 1 unspecified atom stereocenters. The van der Waals surface area contributed by atoms with E-state index >= 15 is 0 Å². The van der Waals surface area contributed by atoms with Gasteiger partial charge in [0.15, 0.2) is 3.95 Å². The van der Waals surface area contributed by atoms with Gasteiger partial charge in [-0.05, 0) is 24.6 Å². The van der Waals surface area contributed by atoms with Gasteiger partial charge in [-0.1, -0.05) is 32.1 Å². The van der Waals surface area contributed by atoms with Gasteiger partial charge in [-0.3, -0.25) is 20.0 Å². The van der Waals surface area contributed by atoms with E-state index in [1.165, 1.54) is 0 Å². The van der Waals surface area contributed by atoms with Crippen LogP contribution in [-0.2, 0) is 14.3 Å².